The molecule has 0 aliphatic carbocycles. The van der Waals surface area contributed by atoms with Crippen LogP contribution in [0.5, 0.6) is 0 Å². The topological polar surface area (TPSA) is 59.7 Å². The molecule has 0 fully saturated rings. The molecular weight excluding hydrogens is 265 g/mol. The first-order chi connectivity index (χ1) is 5.70. The summed E-state index contributed by atoms with van der Waals surface area (Å²) < 4.78 is 1.02. The SMILES string of the molecule is N=C1NC(=N)c2c(I)cccc21. The van der Waals surface area contributed by atoms with Gasteiger partial charge in [-0.2, -0.15) is 0 Å². The van der Waals surface area contributed by atoms with Crippen LogP contribution in [-0.4, -0.2) is 11.7 Å². The zero-order valence-electron chi connectivity index (χ0n) is 6.11. The lowest BCUT2D eigenvalue weighted by atomic mass is 10.1. The van der Waals surface area contributed by atoms with Gasteiger partial charge in [-0.1, -0.05) is 12.1 Å². The third kappa shape index (κ3) is 0.945. The lowest BCUT2D eigenvalue weighted by Gasteiger charge is -1.97. The van der Waals surface area contributed by atoms with Crippen LogP contribution in [0.25, 0.3) is 0 Å². The maximum absolute atomic E-state index is 7.55. The first kappa shape index (κ1) is 7.72. The largest absolute Gasteiger partial charge is 0.325 e. The number of fused-ring (bicyclic) bond motifs is 1. The van der Waals surface area contributed by atoms with E-state index in [0.29, 0.717) is 11.7 Å². The Bertz CT molecular complexity index is 384. The van der Waals surface area contributed by atoms with E-state index in [-0.39, 0.29) is 0 Å². The first-order valence-electron chi connectivity index (χ1n) is 3.43. The van der Waals surface area contributed by atoms with Crippen LogP contribution >= 0.6 is 22.6 Å². The van der Waals surface area contributed by atoms with Crippen LogP contribution < -0.4 is 5.32 Å². The highest BCUT2D eigenvalue weighted by Gasteiger charge is 2.22. The van der Waals surface area contributed by atoms with Crippen molar-refractivity contribution in [2.75, 3.05) is 0 Å². The Labute approximate surface area is 83.3 Å². The molecule has 1 heterocycles. The standard InChI is InChI=1S/C8H6IN3/c9-5-3-1-2-4-6(5)8(11)12-7(4)10/h1-3H,(H3,10,11,12). The van der Waals surface area contributed by atoms with E-state index in [1.54, 1.807) is 0 Å². The second kappa shape index (κ2) is 2.55. The van der Waals surface area contributed by atoms with Crippen LogP contribution in [0.1, 0.15) is 11.1 Å². The molecule has 1 aromatic carbocycles. The lowest BCUT2D eigenvalue weighted by molar-refractivity contribution is 1.29. The van der Waals surface area contributed by atoms with Gasteiger partial charge in [-0.05, 0) is 28.7 Å². The van der Waals surface area contributed by atoms with E-state index < -0.39 is 0 Å². The Balaban J connectivity index is 2.75. The highest BCUT2D eigenvalue weighted by molar-refractivity contribution is 14.1. The van der Waals surface area contributed by atoms with Crippen molar-refractivity contribution in [3.05, 3.63) is 32.9 Å². The first-order valence-corrected chi connectivity index (χ1v) is 4.51. The maximum atomic E-state index is 7.55. The maximum Gasteiger partial charge on any atom is 0.132 e. The summed E-state index contributed by atoms with van der Waals surface area (Å²) in [6.45, 7) is 0. The molecule has 0 saturated carbocycles. The Morgan fingerprint density at radius 1 is 1.17 bits per heavy atom. The molecule has 0 aromatic heterocycles. The molecule has 60 valence electrons. The van der Waals surface area contributed by atoms with Crippen molar-refractivity contribution in [2.45, 2.75) is 0 Å². The van der Waals surface area contributed by atoms with Crippen molar-refractivity contribution in [3.8, 4) is 0 Å². The fraction of sp³-hybridized carbons (Fsp3) is 0. The molecule has 0 bridgehead atoms. The molecule has 1 aliphatic rings. The summed E-state index contributed by atoms with van der Waals surface area (Å²) in [6.07, 6.45) is 0. The summed E-state index contributed by atoms with van der Waals surface area (Å²) in [4.78, 5) is 0. The Morgan fingerprint density at radius 3 is 2.58 bits per heavy atom. The van der Waals surface area contributed by atoms with Crippen LogP contribution in [0, 0.1) is 14.4 Å². The number of amidine groups is 2. The quantitative estimate of drug-likeness (QED) is 0.616. The fourth-order valence-corrected chi connectivity index (χ4v) is 2.01. The second-order valence-electron chi connectivity index (χ2n) is 2.54. The minimum atomic E-state index is 0.327. The van der Waals surface area contributed by atoms with Gasteiger partial charge in [-0.3, -0.25) is 10.8 Å². The smallest absolute Gasteiger partial charge is 0.132 e. The third-order valence-electron chi connectivity index (χ3n) is 1.78. The molecule has 0 radical (unpaired) electrons. The molecule has 3 nitrogen and oxygen atoms in total. The summed E-state index contributed by atoms with van der Waals surface area (Å²) in [5, 5.41) is 17.7. The molecule has 0 atom stereocenters. The van der Waals surface area contributed by atoms with Gasteiger partial charge < -0.3 is 5.32 Å². The summed E-state index contributed by atoms with van der Waals surface area (Å²) in [6, 6.07) is 5.69. The minimum absolute atomic E-state index is 0.327. The number of hydrogen-bond acceptors (Lipinski definition) is 2. The van der Waals surface area contributed by atoms with Crippen molar-refractivity contribution in [1.29, 1.82) is 10.8 Å². The van der Waals surface area contributed by atoms with E-state index in [4.69, 9.17) is 10.8 Å². The van der Waals surface area contributed by atoms with Gasteiger partial charge in [0.05, 0.1) is 0 Å². The van der Waals surface area contributed by atoms with Gasteiger partial charge in [0.25, 0.3) is 0 Å². The Hall–Kier alpha value is -0.910. The van der Waals surface area contributed by atoms with Crippen molar-refractivity contribution in [2.24, 2.45) is 0 Å². The summed E-state index contributed by atoms with van der Waals surface area (Å²) in [5.41, 5.74) is 1.68. The number of rotatable bonds is 0. The van der Waals surface area contributed by atoms with Gasteiger partial charge in [0.2, 0.25) is 0 Å². The number of benzene rings is 1. The van der Waals surface area contributed by atoms with Gasteiger partial charge in [-0.15, -0.1) is 0 Å². The molecule has 0 saturated heterocycles. The molecule has 1 aromatic rings. The summed E-state index contributed by atoms with van der Waals surface area (Å²) >= 11 is 2.17. The number of nitrogens with one attached hydrogen (secondary N) is 3. The molecule has 4 heteroatoms. The fourth-order valence-electron chi connectivity index (χ4n) is 1.24. The molecule has 0 unspecified atom stereocenters. The van der Waals surface area contributed by atoms with Gasteiger partial charge in [-0.25, -0.2) is 0 Å². The number of halogens is 1. The van der Waals surface area contributed by atoms with Crippen molar-refractivity contribution in [1.82, 2.24) is 5.32 Å². The lowest BCUT2D eigenvalue weighted by Crippen LogP contribution is -2.20. The van der Waals surface area contributed by atoms with E-state index in [1.165, 1.54) is 0 Å². The van der Waals surface area contributed by atoms with Crippen LogP contribution in [-0.2, 0) is 0 Å². The predicted octanol–water partition coefficient (Wildman–Crippen LogP) is 1.55. The molecule has 1 aliphatic heterocycles. The predicted molar refractivity (Wildman–Crippen MR) is 56.0 cm³/mol. The number of hydrogen-bond donors (Lipinski definition) is 3. The molecule has 3 N–H and O–H groups in total. The highest BCUT2D eigenvalue weighted by Crippen LogP contribution is 2.20. The zero-order valence-corrected chi connectivity index (χ0v) is 8.27. The highest BCUT2D eigenvalue weighted by atomic mass is 127. The molecule has 12 heavy (non-hydrogen) atoms. The summed E-state index contributed by atoms with van der Waals surface area (Å²) in [7, 11) is 0. The molecule has 2 rings (SSSR count). The van der Waals surface area contributed by atoms with Crippen LogP contribution in [0.15, 0.2) is 18.2 Å². The van der Waals surface area contributed by atoms with Gasteiger partial charge in [0.15, 0.2) is 0 Å². The van der Waals surface area contributed by atoms with Crippen LogP contribution in [0.3, 0.4) is 0 Å². The van der Waals surface area contributed by atoms with E-state index in [1.807, 2.05) is 18.2 Å². The van der Waals surface area contributed by atoms with Gasteiger partial charge >= 0.3 is 0 Å². The van der Waals surface area contributed by atoms with E-state index in [9.17, 15) is 0 Å². The average molecular weight is 271 g/mol. The van der Waals surface area contributed by atoms with Crippen LogP contribution in [0.2, 0.25) is 0 Å². The Kier molecular flexibility index (Phi) is 1.64. The van der Waals surface area contributed by atoms with E-state index >= 15 is 0 Å². The van der Waals surface area contributed by atoms with Crippen molar-refractivity contribution >= 4 is 34.3 Å². The van der Waals surface area contributed by atoms with Gasteiger partial charge in [0.1, 0.15) is 11.7 Å². The minimum Gasteiger partial charge on any atom is -0.325 e. The van der Waals surface area contributed by atoms with Crippen molar-refractivity contribution < 1.29 is 0 Å². The van der Waals surface area contributed by atoms with Gasteiger partial charge in [0, 0.05) is 14.7 Å². The van der Waals surface area contributed by atoms with Crippen molar-refractivity contribution in [3.63, 3.8) is 0 Å². The zero-order chi connectivity index (χ0) is 8.72. The molecule has 0 amide bonds. The normalized spacial score (nSPS) is 14.4. The van der Waals surface area contributed by atoms with E-state index in [0.717, 1.165) is 14.7 Å². The van der Waals surface area contributed by atoms with E-state index in [2.05, 4.69) is 27.9 Å². The average Bonchev–Trinajstić information content (AvgIpc) is 2.29. The van der Waals surface area contributed by atoms with Crippen LogP contribution in [0.4, 0.5) is 0 Å². The third-order valence-corrected chi connectivity index (χ3v) is 2.68. The summed E-state index contributed by atoms with van der Waals surface area (Å²) in [5.74, 6) is 0.661. The Morgan fingerprint density at radius 2 is 1.92 bits per heavy atom. The second-order valence-corrected chi connectivity index (χ2v) is 3.70. The molecular formula is C8H6IN3. The monoisotopic (exact) mass is 271 g/mol. The molecule has 0 spiro atoms.